The largest absolute Gasteiger partial charge is 0.301 e. The first-order valence-electron chi connectivity index (χ1n) is 9.55. The highest BCUT2D eigenvalue weighted by molar-refractivity contribution is 8.00. The summed E-state index contributed by atoms with van der Waals surface area (Å²) in [6.07, 6.45) is 0. The predicted molar refractivity (Wildman–Crippen MR) is 123 cm³/mol. The number of para-hydroxylation sites is 1. The van der Waals surface area contributed by atoms with Crippen LogP contribution in [-0.2, 0) is 11.3 Å². The number of fused-ring (bicyclic) bond motifs is 1. The van der Waals surface area contributed by atoms with Gasteiger partial charge in [-0.25, -0.2) is 9.97 Å². The Labute approximate surface area is 182 Å². The standard InChI is InChI=1S/C22H20N4O2S2/c1-3-26-20(28)16-11-7-8-12-17(16)24-22(26)30-14(2)19(27)25-21-23-18(13-29-21)15-9-5-4-6-10-15/h4-14H,3H2,1-2H3,(H,23,25,27). The quantitative estimate of drug-likeness (QED) is 0.351. The summed E-state index contributed by atoms with van der Waals surface area (Å²) in [5.74, 6) is -0.181. The molecule has 0 aliphatic carbocycles. The van der Waals surface area contributed by atoms with Crippen molar-refractivity contribution in [3.8, 4) is 11.3 Å². The Morgan fingerprint density at radius 3 is 2.63 bits per heavy atom. The molecule has 1 unspecified atom stereocenters. The van der Waals surface area contributed by atoms with E-state index >= 15 is 0 Å². The molecule has 30 heavy (non-hydrogen) atoms. The van der Waals surface area contributed by atoms with Gasteiger partial charge >= 0.3 is 0 Å². The second kappa shape index (κ2) is 8.81. The maximum Gasteiger partial charge on any atom is 0.262 e. The fourth-order valence-corrected chi connectivity index (χ4v) is 4.70. The fraction of sp³-hybridized carbons (Fsp3) is 0.182. The average Bonchev–Trinajstić information content (AvgIpc) is 3.23. The first-order chi connectivity index (χ1) is 14.6. The molecule has 0 fully saturated rings. The molecule has 2 heterocycles. The van der Waals surface area contributed by atoms with Crippen LogP contribution >= 0.6 is 23.1 Å². The van der Waals surface area contributed by atoms with Gasteiger partial charge in [0.05, 0.1) is 21.8 Å². The monoisotopic (exact) mass is 436 g/mol. The van der Waals surface area contributed by atoms with Crippen molar-refractivity contribution in [3.63, 3.8) is 0 Å². The van der Waals surface area contributed by atoms with Crippen molar-refractivity contribution < 1.29 is 4.79 Å². The second-order valence-corrected chi connectivity index (χ2v) is 8.78. The normalized spacial score (nSPS) is 12.1. The van der Waals surface area contributed by atoms with Crippen LogP contribution in [0, 0.1) is 0 Å². The second-order valence-electron chi connectivity index (χ2n) is 6.61. The van der Waals surface area contributed by atoms with Crippen LogP contribution in [0.1, 0.15) is 13.8 Å². The molecule has 0 spiro atoms. The highest BCUT2D eigenvalue weighted by atomic mass is 32.2. The molecule has 0 saturated carbocycles. The summed E-state index contributed by atoms with van der Waals surface area (Å²) >= 11 is 2.66. The van der Waals surface area contributed by atoms with E-state index < -0.39 is 5.25 Å². The lowest BCUT2D eigenvalue weighted by Gasteiger charge is -2.14. The summed E-state index contributed by atoms with van der Waals surface area (Å²) in [6, 6.07) is 17.1. The molecular weight excluding hydrogens is 416 g/mol. The minimum atomic E-state index is -0.445. The third-order valence-corrected chi connectivity index (χ3v) is 6.45. The van der Waals surface area contributed by atoms with Crippen molar-refractivity contribution in [2.45, 2.75) is 30.8 Å². The number of carbonyl (C=O) groups excluding carboxylic acids is 1. The highest BCUT2D eigenvalue weighted by Crippen LogP contribution is 2.27. The maximum atomic E-state index is 12.8. The molecule has 2 aromatic heterocycles. The zero-order valence-corrected chi connectivity index (χ0v) is 18.2. The Hall–Kier alpha value is -2.97. The lowest BCUT2D eigenvalue weighted by molar-refractivity contribution is -0.115. The molecule has 1 N–H and O–H groups in total. The van der Waals surface area contributed by atoms with E-state index in [4.69, 9.17) is 0 Å². The number of hydrogen-bond acceptors (Lipinski definition) is 6. The van der Waals surface area contributed by atoms with Crippen molar-refractivity contribution in [1.29, 1.82) is 0 Å². The van der Waals surface area contributed by atoms with Crippen molar-refractivity contribution in [1.82, 2.24) is 14.5 Å². The summed E-state index contributed by atoms with van der Waals surface area (Å²) in [6.45, 7) is 4.18. The number of benzene rings is 2. The predicted octanol–water partition coefficient (Wildman–Crippen LogP) is 4.66. The zero-order valence-electron chi connectivity index (χ0n) is 16.5. The van der Waals surface area contributed by atoms with Crippen LogP contribution in [0.5, 0.6) is 0 Å². The van der Waals surface area contributed by atoms with Crippen molar-refractivity contribution in [2.75, 3.05) is 5.32 Å². The Bertz CT molecular complexity index is 1250. The SMILES string of the molecule is CCn1c(SC(C)C(=O)Nc2nc(-c3ccccc3)cs2)nc2ccccc2c1=O. The number of carbonyl (C=O) groups is 1. The van der Waals surface area contributed by atoms with Gasteiger partial charge in [-0.1, -0.05) is 54.2 Å². The van der Waals surface area contributed by atoms with Gasteiger partial charge in [0.25, 0.3) is 5.56 Å². The van der Waals surface area contributed by atoms with Gasteiger partial charge < -0.3 is 5.32 Å². The maximum absolute atomic E-state index is 12.8. The van der Waals surface area contributed by atoms with Gasteiger partial charge in [-0.15, -0.1) is 11.3 Å². The van der Waals surface area contributed by atoms with Gasteiger partial charge in [-0.2, -0.15) is 0 Å². The van der Waals surface area contributed by atoms with Gasteiger partial charge in [0.2, 0.25) is 5.91 Å². The number of nitrogens with one attached hydrogen (secondary N) is 1. The van der Waals surface area contributed by atoms with E-state index in [0.29, 0.717) is 27.7 Å². The van der Waals surface area contributed by atoms with Gasteiger partial charge in [0.15, 0.2) is 10.3 Å². The summed E-state index contributed by atoms with van der Waals surface area (Å²) in [7, 11) is 0. The summed E-state index contributed by atoms with van der Waals surface area (Å²) in [5.41, 5.74) is 2.37. The summed E-state index contributed by atoms with van der Waals surface area (Å²) in [4.78, 5) is 34.6. The lowest BCUT2D eigenvalue weighted by atomic mass is 10.2. The van der Waals surface area contributed by atoms with Gasteiger partial charge in [-0.3, -0.25) is 14.2 Å². The third-order valence-electron chi connectivity index (χ3n) is 4.60. The number of aromatic nitrogens is 3. The Morgan fingerprint density at radius 2 is 1.87 bits per heavy atom. The van der Waals surface area contributed by atoms with Crippen LogP contribution in [0.3, 0.4) is 0 Å². The minimum Gasteiger partial charge on any atom is -0.301 e. The molecule has 0 bridgehead atoms. The van der Waals surface area contributed by atoms with Crippen molar-refractivity contribution in [2.24, 2.45) is 0 Å². The van der Waals surface area contributed by atoms with Crippen molar-refractivity contribution in [3.05, 3.63) is 70.3 Å². The van der Waals surface area contributed by atoms with Crippen LogP contribution in [0.25, 0.3) is 22.2 Å². The first kappa shape index (κ1) is 20.3. The number of hydrogen-bond donors (Lipinski definition) is 1. The smallest absolute Gasteiger partial charge is 0.262 e. The molecule has 152 valence electrons. The molecule has 0 saturated heterocycles. The number of thioether (sulfide) groups is 1. The zero-order chi connectivity index (χ0) is 21.1. The Kier molecular flexibility index (Phi) is 5.96. The van der Waals surface area contributed by atoms with E-state index in [1.807, 2.05) is 60.8 Å². The highest BCUT2D eigenvalue weighted by Gasteiger charge is 2.20. The van der Waals surface area contributed by atoms with E-state index in [2.05, 4.69) is 15.3 Å². The van der Waals surface area contributed by atoms with Gasteiger partial charge in [0, 0.05) is 17.5 Å². The molecule has 0 aliphatic rings. The molecular formula is C22H20N4O2S2. The topological polar surface area (TPSA) is 76.9 Å². The van der Waals surface area contributed by atoms with E-state index in [0.717, 1.165) is 11.3 Å². The third kappa shape index (κ3) is 4.15. The minimum absolute atomic E-state index is 0.0920. The Morgan fingerprint density at radius 1 is 1.13 bits per heavy atom. The molecule has 0 aliphatic heterocycles. The van der Waals surface area contributed by atoms with E-state index in [1.165, 1.54) is 23.1 Å². The lowest BCUT2D eigenvalue weighted by Crippen LogP contribution is -2.26. The summed E-state index contributed by atoms with van der Waals surface area (Å²) < 4.78 is 1.60. The van der Waals surface area contributed by atoms with Gasteiger partial charge in [0.1, 0.15) is 0 Å². The number of nitrogens with zero attached hydrogens (tertiary/aromatic N) is 3. The van der Waals surface area contributed by atoms with E-state index in [9.17, 15) is 9.59 Å². The number of thiazole rings is 1. The molecule has 1 atom stereocenters. The van der Waals surface area contributed by atoms with Crippen molar-refractivity contribution >= 4 is 45.0 Å². The molecule has 4 aromatic rings. The fourth-order valence-electron chi connectivity index (χ4n) is 3.01. The molecule has 4 rings (SSSR count). The summed E-state index contributed by atoms with van der Waals surface area (Å²) in [5, 5.41) is 6.01. The molecule has 6 nitrogen and oxygen atoms in total. The number of rotatable bonds is 6. The van der Waals surface area contributed by atoms with Crippen LogP contribution < -0.4 is 10.9 Å². The molecule has 2 aromatic carbocycles. The van der Waals surface area contributed by atoms with Crippen LogP contribution in [0.4, 0.5) is 5.13 Å². The van der Waals surface area contributed by atoms with Gasteiger partial charge in [-0.05, 0) is 26.0 Å². The van der Waals surface area contributed by atoms with E-state index in [1.54, 1.807) is 17.6 Å². The molecule has 8 heteroatoms. The number of amides is 1. The van der Waals surface area contributed by atoms with Crippen LogP contribution in [0.2, 0.25) is 0 Å². The first-order valence-corrected chi connectivity index (χ1v) is 11.3. The average molecular weight is 437 g/mol. The molecule has 1 amide bonds. The van der Waals surface area contributed by atoms with Crippen LogP contribution in [0.15, 0.2) is 69.9 Å². The molecule has 0 radical (unpaired) electrons. The Balaban J connectivity index is 1.52. The number of anilines is 1. The van der Waals surface area contributed by atoms with Crippen LogP contribution in [-0.4, -0.2) is 25.7 Å². The van der Waals surface area contributed by atoms with E-state index in [-0.39, 0.29) is 11.5 Å².